The van der Waals surface area contributed by atoms with Crippen LogP contribution in [0.3, 0.4) is 0 Å². The van der Waals surface area contributed by atoms with Crippen molar-refractivity contribution in [2.45, 2.75) is 31.9 Å². The zero-order valence-electron chi connectivity index (χ0n) is 12.0. The number of hydrogen-bond acceptors (Lipinski definition) is 4. The standard InChI is InChI=1S/C16H18ClN3O/c1-21-10-16-19-14(17)9-15(20-16)18-13-8-4-6-11-5-2-3-7-12(11)13/h2-3,5,7,9,13H,4,6,8,10H2,1H3,(H,18,19,20). The molecule has 5 heteroatoms. The molecular weight excluding hydrogens is 286 g/mol. The SMILES string of the molecule is COCc1nc(Cl)cc(NC2CCCc3ccccc32)n1. The second-order valence-electron chi connectivity index (χ2n) is 5.21. The minimum absolute atomic E-state index is 0.274. The normalized spacial score (nSPS) is 17.3. The number of hydrogen-bond donors (Lipinski definition) is 1. The third kappa shape index (κ3) is 3.34. The van der Waals surface area contributed by atoms with Crippen molar-refractivity contribution in [2.75, 3.05) is 12.4 Å². The lowest BCUT2D eigenvalue weighted by Gasteiger charge is -2.26. The third-order valence-corrected chi connectivity index (χ3v) is 3.90. The summed E-state index contributed by atoms with van der Waals surface area (Å²) in [6, 6.07) is 10.6. The van der Waals surface area contributed by atoms with E-state index in [0.717, 1.165) is 18.7 Å². The number of nitrogens with zero attached hydrogens (tertiary/aromatic N) is 2. The Morgan fingerprint density at radius 3 is 3.05 bits per heavy atom. The average Bonchev–Trinajstić information content (AvgIpc) is 2.47. The summed E-state index contributed by atoms with van der Waals surface area (Å²) in [6.07, 6.45) is 3.42. The molecule has 1 N–H and O–H groups in total. The Labute approximate surface area is 129 Å². The highest BCUT2D eigenvalue weighted by Gasteiger charge is 2.20. The molecule has 0 saturated heterocycles. The summed E-state index contributed by atoms with van der Waals surface area (Å²) < 4.78 is 5.07. The van der Waals surface area contributed by atoms with Gasteiger partial charge >= 0.3 is 0 Å². The van der Waals surface area contributed by atoms with E-state index in [9.17, 15) is 0 Å². The molecule has 0 amide bonds. The van der Waals surface area contributed by atoms with Crippen molar-refractivity contribution in [3.05, 3.63) is 52.4 Å². The molecule has 1 aliphatic carbocycles. The Kier molecular flexibility index (Phi) is 4.36. The summed E-state index contributed by atoms with van der Waals surface area (Å²) in [4.78, 5) is 8.61. The third-order valence-electron chi connectivity index (χ3n) is 3.71. The number of aryl methyl sites for hydroxylation is 1. The van der Waals surface area contributed by atoms with E-state index in [1.165, 1.54) is 17.5 Å². The van der Waals surface area contributed by atoms with E-state index in [1.807, 2.05) is 0 Å². The number of anilines is 1. The Hall–Kier alpha value is -1.65. The molecule has 1 aliphatic rings. The molecule has 2 aromatic rings. The van der Waals surface area contributed by atoms with Gasteiger partial charge < -0.3 is 10.1 Å². The highest BCUT2D eigenvalue weighted by molar-refractivity contribution is 6.29. The molecule has 0 aliphatic heterocycles. The molecule has 21 heavy (non-hydrogen) atoms. The highest BCUT2D eigenvalue weighted by Crippen LogP contribution is 2.32. The van der Waals surface area contributed by atoms with Crippen LogP contribution >= 0.6 is 11.6 Å². The predicted octanol–water partition coefficient (Wildman–Crippen LogP) is 3.77. The van der Waals surface area contributed by atoms with Gasteiger partial charge in [-0.05, 0) is 30.4 Å². The number of benzene rings is 1. The fourth-order valence-electron chi connectivity index (χ4n) is 2.81. The lowest BCUT2D eigenvalue weighted by molar-refractivity contribution is 0.178. The summed E-state index contributed by atoms with van der Waals surface area (Å²) in [5.41, 5.74) is 2.77. The summed E-state index contributed by atoms with van der Waals surface area (Å²) >= 11 is 6.06. The van der Waals surface area contributed by atoms with E-state index >= 15 is 0 Å². The quantitative estimate of drug-likeness (QED) is 0.874. The van der Waals surface area contributed by atoms with Crippen molar-refractivity contribution < 1.29 is 4.74 Å². The zero-order valence-corrected chi connectivity index (χ0v) is 12.7. The number of methoxy groups -OCH3 is 1. The molecule has 1 aromatic carbocycles. The monoisotopic (exact) mass is 303 g/mol. The number of rotatable bonds is 4. The van der Waals surface area contributed by atoms with Crippen molar-refractivity contribution in [1.82, 2.24) is 9.97 Å². The van der Waals surface area contributed by atoms with Gasteiger partial charge in [0.25, 0.3) is 0 Å². The molecule has 0 saturated carbocycles. The number of ether oxygens (including phenoxy) is 1. The van der Waals surface area contributed by atoms with Crippen LogP contribution in [0.15, 0.2) is 30.3 Å². The second kappa shape index (κ2) is 6.41. The van der Waals surface area contributed by atoms with Gasteiger partial charge in [0.1, 0.15) is 17.6 Å². The van der Waals surface area contributed by atoms with Gasteiger partial charge in [-0.15, -0.1) is 0 Å². The molecule has 110 valence electrons. The van der Waals surface area contributed by atoms with Crippen LogP contribution in [0.2, 0.25) is 5.15 Å². The maximum atomic E-state index is 6.06. The van der Waals surface area contributed by atoms with Gasteiger partial charge in [0, 0.05) is 13.2 Å². The molecular formula is C16H18ClN3O. The number of fused-ring (bicyclic) bond motifs is 1. The smallest absolute Gasteiger partial charge is 0.158 e. The molecule has 1 aromatic heterocycles. The maximum absolute atomic E-state index is 6.06. The Morgan fingerprint density at radius 2 is 2.19 bits per heavy atom. The first kappa shape index (κ1) is 14.3. The average molecular weight is 304 g/mol. The molecule has 0 bridgehead atoms. The van der Waals surface area contributed by atoms with Crippen molar-refractivity contribution in [1.29, 1.82) is 0 Å². The Morgan fingerprint density at radius 1 is 1.33 bits per heavy atom. The molecule has 1 heterocycles. The summed E-state index contributed by atoms with van der Waals surface area (Å²) in [5, 5.41) is 3.92. The van der Waals surface area contributed by atoms with Crippen LogP contribution in [0, 0.1) is 0 Å². The van der Waals surface area contributed by atoms with E-state index in [2.05, 4.69) is 39.6 Å². The van der Waals surface area contributed by atoms with Crippen LogP contribution in [0.4, 0.5) is 5.82 Å². The second-order valence-corrected chi connectivity index (χ2v) is 5.60. The van der Waals surface area contributed by atoms with E-state index < -0.39 is 0 Å². The molecule has 3 rings (SSSR count). The van der Waals surface area contributed by atoms with Gasteiger partial charge in [-0.3, -0.25) is 0 Å². The van der Waals surface area contributed by atoms with Crippen LogP contribution in [0.1, 0.15) is 35.8 Å². The molecule has 0 fully saturated rings. The van der Waals surface area contributed by atoms with Gasteiger partial charge in [-0.25, -0.2) is 9.97 Å². The largest absolute Gasteiger partial charge is 0.377 e. The summed E-state index contributed by atoms with van der Waals surface area (Å²) in [7, 11) is 1.62. The molecule has 1 atom stereocenters. The van der Waals surface area contributed by atoms with E-state index in [-0.39, 0.29) is 6.04 Å². The number of aromatic nitrogens is 2. The molecule has 0 spiro atoms. The van der Waals surface area contributed by atoms with E-state index in [0.29, 0.717) is 17.6 Å². The topological polar surface area (TPSA) is 47.0 Å². The lowest BCUT2D eigenvalue weighted by atomic mass is 9.88. The first-order valence-corrected chi connectivity index (χ1v) is 7.51. The summed E-state index contributed by atoms with van der Waals surface area (Å²) in [5.74, 6) is 1.35. The molecule has 4 nitrogen and oxygen atoms in total. The highest BCUT2D eigenvalue weighted by atomic mass is 35.5. The molecule has 1 unspecified atom stereocenters. The van der Waals surface area contributed by atoms with Gasteiger partial charge in [-0.1, -0.05) is 35.9 Å². The molecule has 0 radical (unpaired) electrons. The van der Waals surface area contributed by atoms with Crippen LogP contribution in [0.5, 0.6) is 0 Å². The van der Waals surface area contributed by atoms with Crippen molar-refractivity contribution in [3.8, 4) is 0 Å². The lowest BCUT2D eigenvalue weighted by Crippen LogP contribution is -2.18. The summed E-state index contributed by atoms with van der Waals surface area (Å²) in [6.45, 7) is 0.358. The predicted molar refractivity (Wildman–Crippen MR) is 83.5 cm³/mol. The van der Waals surface area contributed by atoms with Gasteiger partial charge in [-0.2, -0.15) is 0 Å². The fraction of sp³-hybridized carbons (Fsp3) is 0.375. The maximum Gasteiger partial charge on any atom is 0.158 e. The van der Waals surface area contributed by atoms with Crippen LogP contribution < -0.4 is 5.32 Å². The first-order chi connectivity index (χ1) is 10.3. The zero-order chi connectivity index (χ0) is 14.7. The first-order valence-electron chi connectivity index (χ1n) is 7.13. The van der Waals surface area contributed by atoms with Crippen molar-refractivity contribution in [3.63, 3.8) is 0 Å². The number of nitrogens with one attached hydrogen (secondary N) is 1. The van der Waals surface area contributed by atoms with Crippen LogP contribution in [-0.2, 0) is 17.8 Å². The van der Waals surface area contributed by atoms with Crippen molar-refractivity contribution in [2.24, 2.45) is 0 Å². The number of halogens is 1. The van der Waals surface area contributed by atoms with Gasteiger partial charge in [0.2, 0.25) is 0 Å². The van der Waals surface area contributed by atoms with E-state index in [4.69, 9.17) is 16.3 Å². The van der Waals surface area contributed by atoms with E-state index in [1.54, 1.807) is 13.2 Å². The van der Waals surface area contributed by atoms with Crippen LogP contribution in [-0.4, -0.2) is 17.1 Å². The Bertz CT molecular complexity index is 633. The minimum atomic E-state index is 0.274. The fourth-order valence-corrected chi connectivity index (χ4v) is 3.02. The van der Waals surface area contributed by atoms with Crippen molar-refractivity contribution >= 4 is 17.4 Å². The van der Waals surface area contributed by atoms with Crippen LogP contribution in [0.25, 0.3) is 0 Å². The minimum Gasteiger partial charge on any atom is -0.377 e. The van der Waals surface area contributed by atoms with Gasteiger partial charge in [0.15, 0.2) is 5.82 Å². The Balaban J connectivity index is 1.84. The van der Waals surface area contributed by atoms with Gasteiger partial charge in [0.05, 0.1) is 6.04 Å².